The van der Waals surface area contributed by atoms with Crippen molar-refractivity contribution in [3.05, 3.63) is 37.1 Å². The van der Waals surface area contributed by atoms with Crippen LogP contribution in [0.3, 0.4) is 0 Å². The molecule has 0 saturated carbocycles. The van der Waals surface area contributed by atoms with Gasteiger partial charge in [-0.1, -0.05) is 33.1 Å². The number of nitrogens with zero attached hydrogens (tertiary/aromatic N) is 1. The van der Waals surface area contributed by atoms with E-state index in [9.17, 15) is 0 Å². The average Bonchev–Trinajstić information content (AvgIpc) is 2.17. The molecule has 0 aromatic heterocycles. The normalized spacial score (nSPS) is 11.2. The van der Waals surface area contributed by atoms with E-state index in [1.54, 1.807) is 6.08 Å². The number of hydrazone groups is 1. The van der Waals surface area contributed by atoms with Crippen LogP contribution in [0.15, 0.2) is 42.2 Å². The third kappa shape index (κ3) is 4.33. The van der Waals surface area contributed by atoms with Crippen LogP contribution >= 0.6 is 0 Å². The second-order valence-electron chi connectivity index (χ2n) is 1.54. The molecule has 0 aromatic carbocycles. The van der Waals surface area contributed by atoms with Crippen molar-refractivity contribution in [3.63, 3.8) is 0 Å². The minimum atomic E-state index is 0.539. The van der Waals surface area contributed by atoms with E-state index in [2.05, 4.69) is 18.3 Å². The SMILES string of the molecule is C=CC(=C/N)/C(C=C)=N\N.CC. The van der Waals surface area contributed by atoms with Crippen LogP contribution in [0.25, 0.3) is 0 Å². The van der Waals surface area contributed by atoms with Crippen molar-refractivity contribution >= 4 is 5.71 Å². The highest BCUT2D eigenvalue weighted by molar-refractivity contribution is 6.09. The van der Waals surface area contributed by atoms with E-state index < -0.39 is 0 Å². The highest BCUT2D eigenvalue weighted by Crippen LogP contribution is 1.96. The molecule has 0 aliphatic rings. The maximum atomic E-state index is 5.22. The molecule has 0 saturated heterocycles. The van der Waals surface area contributed by atoms with Crippen molar-refractivity contribution in [1.29, 1.82) is 0 Å². The van der Waals surface area contributed by atoms with Crippen molar-refractivity contribution in [1.82, 2.24) is 0 Å². The summed E-state index contributed by atoms with van der Waals surface area (Å²) in [4.78, 5) is 0. The van der Waals surface area contributed by atoms with Crippen LogP contribution in [-0.2, 0) is 0 Å². The lowest BCUT2D eigenvalue weighted by Gasteiger charge is -1.96. The number of nitrogens with two attached hydrogens (primary N) is 2. The molecule has 0 heterocycles. The summed E-state index contributed by atoms with van der Waals surface area (Å²) < 4.78 is 0. The molecule has 0 bridgehead atoms. The molecule has 0 rings (SSSR count). The summed E-state index contributed by atoms with van der Waals surface area (Å²) in [6.07, 6.45) is 4.45. The first kappa shape index (κ1) is 13.1. The van der Waals surface area contributed by atoms with Crippen LogP contribution in [0.1, 0.15) is 13.8 Å². The van der Waals surface area contributed by atoms with Crippen LogP contribution in [0, 0.1) is 0 Å². The summed E-state index contributed by atoms with van der Waals surface area (Å²) in [6.45, 7) is 11.0. The Bertz CT molecular complexity index is 168. The molecule has 3 nitrogen and oxygen atoms in total. The zero-order valence-electron chi connectivity index (χ0n) is 7.75. The van der Waals surface area contributed by atoms with Crippen LogP contribution in [0.4, 0.5) is 0 Å². The van der Waals surface area contributed by atoms with E-state index in [1.165, 1.54) is 12.3 Å². The van der Waals surface area contributed by atoms with Gasteiger partial charge in [-0.3, -0.25) is 0 Å². The summed E-state index contributed by atoms with van der Waals surface area (Å²) in [5, 5.41) is 3.43. The van der Waals surface area contributed by atoms with E-state index in [0.29, 0.717) is 11.3 Å². The molecule has 4 N–H and O–H groups in total. The summed E-state index contributed by atoms with van der Waals surface area (Å²) in [7, 11) is 0. The first-order chi connectivity index (χ1) is 5.79. The molecular formula is C9H17N3. The third-order valence-corrected chi connectivity index (χ3v) is 1.03. The Morgan fingerprint density at radius 2 is 1.75 bits per heavy atom. The van der Waals surface area contributed by atoms with E-state index in [4.69, 9.17) is 11.6 Å². The molecule has 0 aliphatic carbocycles. The van der Waals surface area contributed by atoms with Crippen LogP contribution in [0.5, 0.6) is 0 Å². The lowest BCUT2D eigenvalue weighted by atomic mass is 10.2. The molecule has 0 radical (unpaired) electrons. The van der Waals surface area contributed by atoms with Crippen LogP contribution in [-0.4, -0.2) is 5.71 Å². The molecule has 0 atom stereocenters. The standard InChI is InChI=1S/C7H11N3.C2H6/c1-3-6(5-8)7(4-2)10-9;1-2/h3-5H,1-2,8-9H2;1-2H3/b6-5-,10-7-;. The Labute approximate surface area is 74.1 Å². The highest BCUT2D eigenvalue weighted by atomic mass is 15.1. The zero-order chi connectivity index (χ0) is 9.98. The Morgan fingerprint density at radius 1 is 1.25 bits per heavy atom. The smallest absolute Gasteiger partial charge is 0.0907 e. The predicted molar refractivity (Wildman–Crippen MR) is 55.6 cm³/mol. The largest absolute Gasteiger partial charge is 0.404 e. The van der Waals surface area contributed by atoms with E-state index >= 15 is 0 Å². The minimum absolute atomic E-state index is 0.539. The van der Waals surface area contributed by atoms with Gasteiger partial charge < -0.3 is 11.6 Å². The first-order valence-corrected chi connectivity index (χ1v) is 3.75. The summed E-state index contributed by atoms with van der Waals surface area (Å²) >= 11 is 0. The van der Waals surface area contributed by atoms with Crippen molar-refractivity contribution in [2.24, 2.45) is 16.7 Å². The second kappa shape index (κ2) is 9.49. The molecule has 0 aliphatic heterocycles. The summed E-state index contributed by atoms with van der Waals surface area (Å²) in [5.74, 6) is 5.01. The van der Waals surface area contributed by atoms with Crippen LogP contribution < -0.4 is 11.6 Å². The number of allylic oxidation sites excluding steroid dienone is 3. The van der Waals surface area contributed by atoms with E-state index in [-0.39, 0.29) is 0 Å². The quantitative estimate of drug-likeness (QED) is 0.290. The zero-order valence-corrected chi connectivity index (χ0v) is 7.75. The second-order valence-corrected chi connectivity index (χ2v) is 1.54. The molecular weight excluding hydrogens is 150 g/mol. The van der Waals surface area contributed by atoms with Crippen molar-refractivity contribution in [2.75, 3.05) is 0 Å². The molecule has 12 heavy (non-hydrogen) atoms. The van der Waals surface area contributed by atoms with Gasteiger partial charge in [-0.15, -0.1) is 0 Å². The molecule has 0 unspecified atom stereocenters. The minimum Gasteiger partial charge on any atom is -0.404 e. The third-order valence-electron chi connectivity index (χ3n) is 1.03. The van der Waals surface area contributed by atoms with Crippen molar-refractivity contribution in [2.45, 2.75) is 13.8 Å². The number of hydrogen-bond donors (Lipinski definition) is 2. The summed E-state index contributed by atoms with van der Waals surface area (Å²) in [6, 6.07) is 0. The lowest BCUT2D eigenvalue weighted by Crippen LogP contribution is -2.02. The molecule has 3 heteroatoms. The fraction of sp³-hybridized carbons (Fsp3) is 0.222. The topological polar surface area (TPSA) is 64.4 Å². The number of hydrogen-bond acceptors (Lipinski definition) is 3. The Balaban J connectivity index is 0. The molecule has 0 amide bonds. The maximum Gasteiger partial charge on any atom is 0.0907 e. The number of rotatable bonds is 3. The molecule has 0 aromatic rings. The predicted octanol–water partition coefficient (Wildman–Crippen LogP) is 1.54. The van der Waals surface area contributed by atoms with Gasteiger partial charge in [0.05, 0.1) is 5.71 Å². The van der Waals surface area contributed by atoms with Crippen molar-refractivity contribution < 1.29 is 0 Å². The monoisotopic (exact) mass is 167 g/mol. The van der Waals surface area contributed by atoms with Gasteiger partial charge in [0.25, 0.3) is 0 Å². The fourth-order valence-corrected chi connectivity index (χ4v) is 0.503. The Kier molecular flexibility index (Phi) is 10.4. The van der Waals surface area contributed by atoms with Gasteiger partial charge in [0.2, 0.25) is 0 Å². The average molecular weight is 167 g/mol. The first-order valence-electron chi connectivity index (χ1n) is 3.75. The molecule has 0 fully saturated rings. The maximum absolute atomic E-state index is 5.22. The van der Waals surface area contributed by atoms with Gasteiger partial charge in [-0.05, 0) is 6.08 Å². The van der Waals surface area contributed by atoms with E-state index in [0.717, 1.165) is 0 Å². The van der Waals surface area contributed by atoms with Gasteiger partial charge in [0.15, 0.2) is 0 Å². The highest BCUT2D eigenvalue weighted by Gasteiger charge is 1.95. The molecule has 68 valence electrons. The van der Waals surface area contributed by atoms with Gasteiger partial charge in [-0.25, -0.2) is 0 Å². The van der Waals surface area contributed by atoms with Gasteiger partial charge in [0.1, 0.15) is 0 Å². The van der Waals surface area contributed by atoms with Crippen LogP contribution in [0.2, 0.25) is 0 Å². The van der Waals surface area contributed by atoms with Crippen molar-refractivity contribution in [3.8, 4) is 0 Å². The lowest BCUT2D eigenvalue weighted by molar-refractivity contribution is 1.25. The van der Waals surface area contributed by atoms with E-state index in [1.807, 2.05) is 13.8 Å². The molecule has 0 spiro atoms. The Morgan fingerprint density at radius 3 is 1.83 bits per heavy atom. The van der Waals surface area contributed by atoms with Gasteiger partial charge >= 0.3 is 0 Å². The fourth-order valence-electron chi connectivity index (χ4n) is 0.503. The van der Waals surface area contributed by atoms with Gasteiger partial charge in [0, 0.05) is 11.8 Å². The van der Waals surface area contributed by atoms with Gasteiger partial charge in [-0.2, -0.15) is 5.10 Å². The Hall–Kier alpha value is -1.51. The summed E-state index contributed by atoms with van der Waals surface area (Å²) in [5.41, 5.74) is 6.44.